The molecule has 0 aromatic heterocycles. The number of amides is 1. The second-order valence-corrected chi connectivity index (χ2v) is 3.89. The lowest BCUT2D eigenvalue weighted by Crippen LogP contribution is -2.28. The molecule has 102 valence electrons. The summed E-state index contributed by atoms with van der Waals surface area (Å²) in [5.74, 6) is -0.244. The van der Waals surface area contributed by atoms with Crippen molar-refractivity contribution in [1.82, 2.24) is 0 Å². The van der Waals surface area contributed by atoms with Gasteiger partial charge in [-0.25, -0.2) is 0 Å². The third kappa shape index (κ3) is 5.51. The SMILES string of the molecule is CCOCCOC(C)C(=O)Nc1cccc(C#N)c1. The van der Waals surface area contributed by atoms with Crippen LogP contribution in [0.4, 0.5) is 5.69 Å². The summed E-state index contributed by atoms with van der Waals surface area (Å²) in [5.41, 5.74) is 1.09. The van der Waals surface area contributed by atoms with Crippen LogP contribution in [0.1, 0.15) is 19.4 Å². The Kier molecular flexibility index (Phi) is 6.58. The lowest BCUT2D eigenvalue weighted by molar-refractivity contribution is -0.127. The van der Waals surface area contributed by atoms with E-state index in [0.29, 0.717) is 31.1 Å². The average molecular weight is 262 g/mol. The van der Waals surface area contributed by atoms with Crippen LogP contribution in [0.15, 0.2) is 24.3 Å². The Bertz CT molecular complexity index is 454. The number of nitriles is 1. The molecule has 0 saturated heterocycles. The number of anilines is 1. The molecule has 0 aliphatic rings. The molecule has 0 bridgehead atoms. The maximum Gasteiger partial charge on any atom is 0.253 e. The normalized spacial score (nSPS) is 11.6. The molecule has 1 unspecified atom stereocenters. The molecule has 1 rings (SSSR count). The van der Waals surface area contributed by atoms with E-state index in [1.807, 2.05) is 13.0 Å². The van der Waals surface area contributed by atoms with Gasteiger partial charge in [-0.1, -0.05) is 6.07 Å². The second kappa shape index (κ2) is 8.25. The Hall–Kier alpha value is -1.90. The minimum absolute atomic E-state index is 0.244. The fourth-order valence-electron chi connectivity index (χ4n) is 1.41. The number of carbonyl (C=O) groups is 1. The molecule has 5 heteroatoms. The molecule has 5 nitrogen and oxygen atoms in total. The third-order valence-corrected chi connectivity index (χ3v) is 2.43. The van der Waals surface area contributed by atoms with Crippen molar-refractivity contribution in [3.8, 4) is 6.07 Å². The number of hydrogen-bond acceptors (Lipinski definition) is 4. The molecular formula is C14H18N2O3. The van der Waals surface area contributed by atoms with Crippen LogP contribution in [-0.4, -0.2) is 31.8 Å². The molecule has 0 aliphatic heterocycles. The summed E-state index contributed by atoms with van der Waals surface area (Å²) < 4.78 is 10.5. The molecule has 0 fully saturated rings. The Labute approximate surface area is 113 Å². The van der Waals surface area contributed by atoms with Crippen molar-refractivity contribution in [2.45, 2.75) is 20.0 Å². The van der Waals surface area contributed by atoms with E-state index in [1.165, 1.54) is 0 Å². The largest absolute Gasteiger partial charge is 0.379 e. The number of nitrogens with one attached hydrogen (secondary N) is 1. The topological polar surface area (TPSA) is 71.3 Å². The standard InChI is InChI=1S/C14H18N2O3/c1-3-18-7-8-19-11(2)14(17)16-13-6-4-5-12(9-13)10-15/h4-6,9,11H,3,7-8H2,1-2H3,(H,16,17). The molecule has 0 radical (unpaired) electrons. The first-order chi connectivity index (χ1) is 9.17. The van der Waals surface area contributed by atoms with Crippen molar-refractivity contribution >= 4 is 11.6 Å². The van der Waals surface area contributed by atoms with Crippen LogP contribution in [0.3, 0.4) is 0 Å². The molecule has 1 amide bonds. The van der Waals surface area contributed by atoms with Gasteiger partial charge in [0.25, 0.3) is 5.91 Å². The summed E-state index contributed by atoms with van der Waals surface area (Å²) in [6, 6.07) is 8.76. The van der Waals surface area contributed by atoms with Crippen LogP contribution in [-0.2, 0) is 14.3 Å². The van der Waals surface area contributed by atoms with Gasteiger partial charge in [-0.3, -0.25) is 4.79 Å². The molecule has 0 heterocycles. The number of benzene rings is 1. The highest BCUT2D eigenvalue weighted by atomic mass is 16.5. The van der Waals surface area contributed by atoms with Crippen LogP contribution in [0, 0.1) is 11.3 Å². The van der Waals surface area contributed by atoms with Gasteiger partial charge in [-0.15, -0.1) is 0 Å². The van der Waals surface area contributed by atoms with E-state index >= 15 is 0 Å². The molecular weight excluding hydrogens is 244 g/mol. The van der Waals surface area contributed by atoms with Crippen LogP contribution >= 0.6 is 0 Å². The zero-order valence-electron chi connectivity index (χ0n) is 11.2. The minimum atomic E-state index is -0.564. The summed E-state index contributed by atoms with van der Waals surface area (Å²) in [6.07, 6.45) is -0.564. The maximum atomic E-state index is 11.8. The monoisotopic (exact) mass is 262 g/mol. The van der Waals surface area contributed by atoms with E-state index in [-0.39, 0.29) is 5.91 Å². The van der Waals surface area contributed by atoms with E-state index in [0.717, 1.165) is 0 Å². The molecule has 1 aromatic rings. The van der Waals surface area contributed by atoms with Crippen molar-refractivity contribution in [1.29, 1.82) is 5.26 Å². The quantitative estimate of drug-likeness (QED) is 0.762. The first-order valence-electron chi connectivity index (χ1n) is 6.17. The van der Waals surface area contributed by atoms with Gasteiger partial charge in [-0.05, 0) is 32.0 Å². The van der Waals surface area contributed by atoms with Gasteiger partial charge >= 0.3 is 0 Å². The Balaban J connectivity index is 2.43. The highest BCUT2D eigenvalue weighted by Gasteiger charge is 2.13. The van der Waals surface area contributed by atoms with Gasteiger partial charge in [0.15, 0.2) is 0 Å². The van der Waals surface area contributed by atoms with Gasteiger partial charge in [-0.2, -0.15) is 5.26 Å². The van der Waals surface area contributed by atoms with Crippen molar-refractivity contribution in [3.63, 3.8) is 0 Å². The highest BCUT2D eigenvalue weighted by Crippen LogP contribution is 2.10. The summed E-state index contributed by atoms with van der Waals surface area (Å²) in [7, 11) is 0. The maximum absolute atomic E-state index is 11.8. The van der Waals surface area contributed by atoms with Gasteiger partial charge < -0.3 is 14.8 Å². The smallest absolute Gasteiger partial charge is 0.253 e. The van der Waals surface area contributed by atoms with E-state index in [1.54, 1.807) is 31.2 Å². The van der Waals surface area contributed by atoms with Gasteiger partial charge in [0.05, 0.1) is 24.8 Å². The average Bonchev–Trinajstić information content (AvgIpc) is 2.43. The molecule has 1 atom stereocenters. The molecule has 1 N–H and O–H groups in total. The summed E-state index contributed by atoms with van der Waals surface area (Å²) in [5, 5.41) is 11.5. The predicted molar refractivity (Wildman–Crippen MR) is 71.7 cm³/mol. The van der Waals surface area contributed by atoms with Gasteiger partial charge in [0, 0.05) is 12.3 Å². The first-order valence-corrected chi connectivity index (χ1v) is 6.17. The lowest BCUT2D eigenvalue weighted by atomic mass is 10.2. The van der Waals surface area contributed by atoms with Gasteiger partial charge in [0.2, 0.25) is 0 Å². The summed E-state index contributed by atoms with van der Waals surface area (Å²) in [6.45, 7) is 5.05. The predicted octanol–water partition coefficient (Wildman–Crippen LogP) is 1.94. The van der Waals surface area contributed by atoms with Gasteiger partial charge in [0.1, 0.15) is 6.10 Å². The minimum Gasteiger partial charge on any atom is -0.379 e. The zero-order chi connectivity index (χ0) is 14.1. The van der Waals surface area contributed by atoms with E-state index in [9.17, 15) is 4.79 Å². The lowest BCUT2D eigenvalue weighted by Gasteiger charge is -2.13. The van der Waals surface area contributed by atoms with Crippen molar-refractivity contribution in [2.75, 3.05) is 25.1 Å². The van der Waals surface area contributed by atoms with E-state index in [4.69, 9.17) is 14.7 Å². The zero-order valence-corrected chi connectivity index (χ0v) is 11.2. The molecule has 0 aliphatic carbocycles. The fraction of sp³-hybridized carbons (Fsp3) is 0.429. The Morgan fingerprint density at radius 3 is 2.95 bits per heavy atom. The number of carbonyl (C=O) groups excluding carboxylic acids is 1. The molecule has 0 spiro atoms. The number of ether oxygens (including phenoxy) is 2. The summed E-state index contributed by atoms with van der Waals surface area (Å²) >= 11 is 0. The fourth-order valence-corrected chi connectivity index (χ4v) is 1.41. The first kappa shape index (κ1) is 15.2. The van der Waals surface area contributed by atoms with E-state index in [2.05, 4.69) is 5.32 Å². The van der Waals surface area contributed by atoms with Crippen LogP contribution in [0.25, 0.3) is 0 Å². The highest BCUT2D eigenvalue weighted by molar-refractivity contribution is 5.94. The van der Waals surface area contributed by atoms with E-state index < -0.39 is 6.10 Å². The van der Waals surface area contributed by atoms with Crippen LogP contribution in [0.2, 0.25) is 0 Å². The number of hydrogen-bond donors (Lipinski definition) is 1. The summed E-state index contributed by atoms with van der Waals surface area (Å²) in [4.78, 5) is 11.8. The Morgan fingerprint density at radius 1 is 1.47 bits per heavy atom. The molecule has 1 aromatic carbocycles. The van der Waals surface area contributed by atoms with Crippen molar-refractivity contribution in [3.05, 3.63) is 29.8 Å². The third-order valence-electron chi connectivity index (χ3n) is 2.43. The van der Waals surface area contributed by atoms with Crippen LogP contribution in [0.5, 0.6) is 0 Å². The van der Waals surface area contributed by atoms with Crippen molar-refractivity contribution < 1.29 is 14.3 Å². The molecule has 19 heavy (non-hydrogen) atoms. The Morgan fingerprint density at radius 2 is 2.26 bits per heavy atom. The number of rotatable bonds is 7. The van der Waals surface area contributed by atoms with Crippen LogP contribution < -0.4 is 5.32 Å². The number of nitrogens with zero attached hydrogens (tertiary/aromatic N) is 1. The van der Waals surface area contributed by atoms with Crippen molar-refractivity contribution in [2.24, 2.45) is 0 Å². The second-order valence-electron chi connectivity index (χ2n) is 3.89. The molecule has 0 saturated carbocycles.